The molecule has 0 aliphatic heterocycles. The van der Waals surface area contributed by atoms with Gasteiger partial charge < -0.3 is 10.0 Å². The molecule has 1 N–H and O–H groups in total. The molecule has 1 aromatic heterocycles. The molecule has 0 unspecified atom stereocenters. The Bertz CT molecular complexity index is 671. The zero-order chi connectivity index (χ0) is 15.6. The van der Waals surface area contributed by atoms with E-state index in [1.54, 1.807) is 31.2 Å². The van der Waals surface area contributed by atoms with Crippen LogP contribution in [0.1, 0.15) is 17.4 Å². The van der Waals surface area contributed by atoms with Crippen molar-refractivity contribution >= 4 is 22.6 Å². The summed E-state index contributed by atoms with van der Waals surface area (Å²) < 4.78 is 38.0. The van der Waals surface area contributed by atoms with Crippen LogP contribution in [0.2, 0.25) is 0 Å². The summed E-state index contributed by atoms with van der Waals surface area (Å²) in [4.78, 5) is 16.0. The molecule has 1 heterocycles. The second-order valence-electron chi connectivity index (χ2n) is 4.49. The average Bonchev–Trinajstić information content (AvgIpc) is 2.42. The van der Waals surface area contributed by atoms with Gasteiger partial charge in [0.2, 0.25) is 0 Å². The Morgan fingerprint density at radius 1 is 1.33 bits per heavy atom. The molecule has 0 amide bonds. The fourth-order valence-corrected chi connectivity index (χ4v) is 2.08. The number of benzene rings is 1. The Balaban J connectivity index is 2.61. The number of hydrogen-bond donors (Lipinski definition) is 1. The molecular formula is C14H13F3N2O2. The minimum Gasteiger partial charge on any atom is -0.477 e. The molecule has 0 radical (unpaired) electrons. The standard InChI is InChI=1S/C14H13F3N2O2/c1-2-19(8-14(15,16)17)12-10-6-4-3-5-9(10)7-11(18-12)13(20)21/h3-7H,2,8H2,1H3,(H,20,21). The number of rotatable bonds is 4. The van der Waals surface area contributed by atoms with Crippen molar-refractivity contribution in [3.63, 3.8) is 0 Å². The number of nitrogens with zero attached hydrogens (tertiary/aromatic N) is 2. The Hall–Kier alpha value is -2.31. The molecule has 112 valence electrons. The van der Waals surface area contributed by atoms with Gasteiger partial charge in [-0.1, -0.05) is 24.3 Å². The maximum atomic E-state index is 12.7. The van der Waals surface area contributed by atoms with Crippen molar-refractivity contribution < 1.29 is 23.1 Å². The van der Waals surface area contributed by atoms with Gasteiger partial charge in [-0.3, -0.25) is 0 Å². The predicted molar refractivity (Wildman–Crippen MR) is 72.6 cm³/mol. The Labute approximate surface area is 118 Å². The van der Waals surface area contributed by atoms with Crippen molar-refractivity contribution in [3.8, 4) is 0 Å². The van der Waals surface area contributed by atoms with Crippen LogP contribution in [0.4, 0.5) is 19.0 Å². The fourth-order valence-electron chi connectivity index (χ4n) is 2.08. The highest BCUT2D eigenvalue weighted by Crippen LogP contribution is 2.28. The number of fused-ring (bicyclic) bond motifs is 1. The van der Waals surface area contributed by atoms with Crippen LogP contribution in [0.5, 0.6) is 0 Å². The summed E-state index contributed by atoms with van der Waals surface area (Å²) in [7, 11) is 0. The van der Waals surface area contributed by atoms with Gasteiger partial charge in [-0.05, 0) is 18.4 Å². The third-order valence-electron chi connectivity index (χ3n) is 2.99. The van der Waals surface area contributed by atoms with Crippen molar-refractivity contribution in [3.05, 3.63) is 36.0 Å². The van der Waals surface area contributed by atoms with Crippen LogP contribution in [-0.4, -0.2) is 35.3 Å². The smallest absolute Gasteiger partial charge is 0.405 e. The molecular weight excluding hydrogens is 285 g/mol. The second-order valence-corrected chi connectivity index (χ2v) is 4.49. The fraction of sp³-hybridized carbons (Fsp3) is 0.286. The largest absolute Gasteiger partial charge is 0.477 e. The quantitative estimate of drug-likeness (QED) is 0.940. The van der Waals surface area contributed by atoms with Crippen LogP contribution in [0, 0.1) is 0 Å². The number of hydrogen-bond acceptors (Lipinski definition) is 3. The third-order valence-corrected chi connectivity index (χ3v) is 2.99. The van der Waals surface area contributed by atoms with E-state index in [0.29, 0.717) is 10.8 Å². The summed E-state index contributed by atoms with van der Waals surface area (Å²) in [6, 6.07) is 7.99. The average molecular weight is 298 g/mol. The molecule has 0 aliphatic carbocycles. The van der Waals surface area contributed by atoms with E-state index >= 15 is 0 Å². The zero-order valence-electron chi connectivity index (χ0n) is 11.2. The van der Waals surface area contributed by atoms with Crippen molar-refractivity contribution in [1.29, 1.82) is 0 Å². The summed E-state index contributed by atoms with van der Waals surface area (Å²) in [5.74, 6) is -1.24. The Kier molecular flexibility index (Phi) is 4.02. The minimum absolute atomic E-state index is 0.0327. The van der Waals surface area contributed by atoms with Gasteiger partial charge in [-0.2, -0.15) is 13.2 Å². The summed E-state index contributed by atoms with van der Waals surface area (Å²) in [5, 5.41) is 10.1. The van der Waals surface area contributed by atoms with Crippen LogP contribution >= 0.6 is 0 Å². The van der Waals surface area contributed by atoms with Crippen LogP contribution in [0.15, 0.2) is 30.3 Å². The van der Waals surface area contributed by atoms with E-state index < -0.39 is 18.7 Å². The van der Waals surface area contributed by atoms with E-state index in [0.717, 1.165) is 4.90 Å². The molecule has 0 saturated heterocycles. The molecule has 4 nitrogen and oxygen atoms in total. The van der Waals surface area contributed by atoms with Gasteiger partial charge >= 0.3 is 12.1 Å². The maximum Gasteiger partial charge on any atom is 0.405 e. The number of halogens is 3. The number of anilines is 1. The Morgan fingerprint density at radius 3 is 2.57 bits per heavy atom. The molecule has 2 rings (SSSR count). The topological polar surface area (TPSA) is 53.4 Å². The first-order valence-electron chi connectivity index (χ1n) is 6.26. The molecule has 0 fully saturated rings. The number of alkyl halides is 3. The molecule has 0 bridgehead atoms. The minimum atomic E-state index is -4.39. The van der Waals surface area contributed by atoms with Crippen LogP contribution < -0.4 is 4.90 Å². The molecule has 0 atom stereocenters. The monoisotopic (exact) mass is 298 g/mol. The summed E-state index contributed by atoms with van der Waals surface area (Å²) >= 11 is 0. The first-order chi connectivity index (χ1) is 9.81. The van der Waals surface area contributed by atoms with Crippen molar-refractivity contribution in [1.82, 2.24) is 4.98 Å². The van der Waals surface area contributed by atoms with Gasteiger partial charge in [-0.25, -0.2) is 9.78 Å². The highest BCUT2D eigenvalue weighted by atomic mass is 19.4. The van der Waals surface area contributed by atoms with E-state index in [-0.39, 0.29) is 18.1 Å². The van der Waals surface area contributed by atoms with Crippen LogP contribution in [0.25, 0.3) is 10.8 Å². The lowest BCUT2D eigenvalue weighted by Gasteiger charge is -2.25. The van der Waals surface area contributed by atoms with E-state index in [1.807, 2.05) is 0 Å². The van der Waals surface area contributed by atoms with E-state index in [4.69, 9.17) is 5.11 Å². The molecule has 0 saturated carbocycles. The normalized spacial score (nSPS) is 11.6. The van der Waals surface area contributed by atoms with Crippen molar-refractivity contribution in [2.45, 2.75) is 13.1 Å². The van der Waals surface area contributed by atoms with Gasteiger partial charge in [0, 0.05) is 11.9 Å². The highest BCUT2D eigenvalue weighted by molar-refractivity contribution is 5.98. The van der Waals surface area contributed by atoms with Gasteiger partial charge in [0.1, 0.15) is 12.4 Å². The van der Waals surface area contributed by atoms with E-state index in [2.05, 4.69) is 4.98 Å². The molecule has 0 aliphatic rings. The van der Waals surface area contributed by atoms with Gasteiger partial charge in [0.15, 0.2) is 5.69 Å². The number of carbonyl (C=O) groups is 1. The number of aromatic nitrogens is 1. The van der Waals surface area contributed by atoms with Crippen molar-refractivity contribution in [2.75, 3.05) is 18.0 Å². The zero-order valence-corrected chi connectivity index (χ0v) is 11.2. The summed E-state index contributed by atoms with van der Waals surface area (Å²) in [5.41, 5.74) is -0.274. The lowest BCUT2D eigenvalue weighted by Crippen LogP contribution is -2.35. The summed E-state index contributed by atoms with van der Waals surface area (Å²) in [6.07, 6.45) is -4.39. The lowest BCUT2D eigenvalue weighted by molar-refractivity contribution is -0.119. The van der Waals surface area contributed by atoms with Gasteiger partial charge in [0.05, 0.1) is 0 Å². The maximum absolute atomic E-state index is 12.7. The number of carboxylic acid groups (broad SMARTS) is 1. The molecule has 0 spiro atoms. The number of aromatic carboxylic acids is 1. The second kappa shape index (κ2) is 5.59. The number of pyridine rings is 1. The first kappa shape index (κ1) is 15.1. The van der Waals surface area contributed by atoms with Gasteiger partial charge in [0.25, 0.3) is 0 Å². The molecule has 7 heteroatoms. The molecule has 21 heavy (non-hydrogen) atoms. The van der Waals surface area contributed by atoms with Crippen LogP contribution in [0.3, 0.4) is 0 Å². The van der Waals surface area contributed by atoms with Crippen molar-refractivity contribution in [2.24, 2.45) is 0 Å². The molecule has 1 aromatic carbocycles. The SMILES string of the molecule is CCN(CC(F)(F)F)c1nc(C(=O)O)cc2ccccc12. The highest BCUT2D eigenvalue weighted by Gasteiger charge is 2.31. The van der Waals surface area contributed by atoms with Gasteiger partial charge in [-0.15, -0.1) is 0 Å². The third kappa shape index (κ3) is 3.42. The number of carboxylic acids is 1. The van der Waals surface area contributed by atoms with E-state index in [1.165, 1.54) is 6.07 Å². The first-order valence-corrected chi connectivity index (χ1v) is 6.26. The van der Waals surface area contributed by atoms with Crippen LogP contribution in [-0.2, 0) is 0 Å². The van der Waals surface area contributed by atoms with E-state index in [9.17, 15) is 18.0 Å². The Morgan fingerprint density at radius 2 is 2.00 bits per heavy atom. The lowest BCUT2D eigenvalue weighted by atomic mass is 10.1. The summed E-state index contributed by atoms with van der Waals surface area (Å²) in [6.45, 7) is 0.457. The molecule has 2 aromatic rings. The predicted octanol–water partition coefficient (Wildman–Crippen LogP) is 3.32.